The number of aromatic amines is 1. The van der Waals surface area contributed by atoms with Crippen LogP contribution in [0.2, 0.25) is 0 Å². The third-order valence-electron chi connectivity index (χ3n) is 2.07. The molecule has 6 N–H and O–H groups in total. The molecule has 2 atom stereocenters. The third-order valence-corrected chi connectivity index (χ3v) is 2.07. The normalized spacial score (nSPS) is 15.4. The molecule has 1 rings (SSSR count). The molecule has 0 amide bonds. The maximum atomic E-state index is 9.67. The summed E-state index contributed by atoms with van der Waals surface area (Å²) in [7, 11) is 1.78. The van der Waals surface area contributed by atoms with Crippen LogP contribution in [-0.4, -0.2) is 40.1 Å². The number of hydrogen-bond donors (Lipinski definition) is 5. The molecule has 0 aliphatic heterocycles. The number of nitrogen functional groups attached to an aromatic ring is 1. The average molecular weight is 200 g/mol. The molecule has 6 nitrogen and oxygen atoms in total. The molecule has 0 fully saturated rings. The van der Waals surface area contributed by atoms with Gasteiger partial charge in [-0.3, -0.25) is 5.10 Å². The molecule has 14 heavy (non-hydrogen) atoms. The average Bonchev–Trinajstić information content (AvgIpc) is 2.59. The van der Waals surface area contributed by atoms with Crippen molar-refractivity contribution >= 4 is 5.82 Å². The first-order chi connectivity index (χ1) is 6.66. The number of nitrogens with two attached hydrogens (primary N) is 1. The lowest BCUT2D eigenvalue weighted by molar-refractivity contribution is 0.0145. The number of anilines is 1. The lowest BCUT2D eigenvalue weighted by Crippen LogP contribution is -2.23. The number of nitrogens with one attached hydrogen (secondary N) is 2. The summed E-state index contributed by atoms with van der Waals surface area (Å²) in [5.74, 6) is 0.293. The van der Waals surface area contributed by atoms with Crippen molar-refractivity contribution in [1.29, 1.82) is 0 Å². The summed E-state index contributed by atoms with van der Waals surface area (Å²) in [4.78, 5) is 0. The molecule has 2 unspecified atom stereocenters. The maximum absolute atomic E-state index is 9.67. The molecular weight excluding hydrogens is 184 g/mol. The zero-order chi connectivity index (χ0) is 10.6. The maximum Gasteiger partial charge on any atom is 0.124 e. The number of aliphatic hydroxyl groups is 2. The van der Waals surface area contributed by atoms with Gasteiger partial charge in [-0.05, 0) is 20.0 Å². The Labute approximate surface area is 82.1 Å². The van der Waals surface area contributed by atoms with Crippen LogP contribution in [0.3, 0.4) is 0 Å². The Balaban J connectivity index is 2.56. The van der Waals surface area contributed by atoms with Gasteiger partial charge in [0.1, 0.15) is 11.9 Å². The fraction of sp³-hybridized carbons (Fsp3) is 0.625. The quantitative estimate of drug-likeness (QED) is 0.419. The predicted molar refractivity (Wildman–Crippen MR) is 52.5 cm³/mol. The molecule has 1 heterocycles. The Hall–Kier alpha value is -1.11. The van der Waals surface area contributed by atoms with E-state index in [1.165, 1.54) is 6.20 Å². The minimum Gasteiger partial charge on any atom is -0.390 e. The van der Waals surface area contributed by atoms with E-state index < -0.39 is 12.2 Å². The number of H-pyrrole nitrogens is 1. The highest BCUT2D eigenvalue weighted by Gasteiger charge is 2.21. The van der Waals surface area contributed by atoms with E-state index >= 15 is 0 Å². The second kappa shape index (κ2) is 4.94. The van der Waals surface area contributed by atoms with Gasteiger partial charge in [0.05, 0.1) is 12.3 Å². The second-order valence-electron chi connectivity index (χ2n) is 3.14. The van der Waals surface area contributed by atoms with Crippen molar-refractivity contribution in [2.45, 2.75) is 18.6 Å². The summed E-state index contributed by atoms with van der Waals surface area (Å²) in [6, 6.07) is 0. The van der Waals surface area contributed by atoms with E-state index in [2.05, 4.69) is 15.5 Å². The fourth-order valence-corrected chi connectivity index (χ4v) is 1.20. The topological polar surface area (TPSA) is 107 Å². The van der Waals surface area contributed by atoms with Crippen molar-refractivity contribution in [3.05, 3.63) is 11.8 Å². The van der Waals surface area contributed by atoms with Crippen LogP contribution in [0.15, 0.2) is 6.20 Å². The molecule has 0 aliphatic rings. The van der Waals surface area contributed by atoms with Gasteiger partial charge in [0.25, 0.3) is 0 Å². The molecule has 0 bridgehead atoms. The van der Waals surface area contributed by atoms with Gasteiger partial charge < -0.3 is 21.3 Å². The molecule has 0 saturated heterocycles. The smallest absolute Gasteiger partial charge is 0.124 e. The summed E-state index contributed by atoms with van der Waals surface area (Å²) >= 11 is 0. The summed E-state index contributed by atoms with van der Waals surface area (Å²) in [5, 5.41) is 28.3. The lowest BCUT2D eigenvalue weighted by atomic mass is 10.0. The van der Waals surface area contributed by atoms with Crippen LogP contribution in [0.25, 0.3) is 0 Å². The van der Waals surface area contributed by atoms with Crippen molar-refractivity contribution in [2.24, 2.45) is 0 Å². The van der Waals surface area contributed by atoms with Gasteiger partial charge in [0.2, 0.25) is 0 Å². The molecule has 0 aliphatic carbocycles. The lowest BCUT2D eigenvalue weighted by Gasteiger charge is -2.16. The van der Waals surface area contributed by atoms with Crippen molar-refractivity contribution in [3.63, 3.8) is 0 Å². The Bertz CT molecular complexity index is 276. The monoisotopic (exact) mass is 200 g/mol. The summed E-state index contributed by atoms with van der Waals surface area (Å²) in [6.07, 6.45) is 0.0645. The third kappa shape index (κ3) is 2.44. The number of nitrogens with zero attached hydrogens (tertiary/aromatic N) is 1. The van der Waals surface area contributed by atoms with Gasteiger partial charge in [-0.1, -0.05) is 0 Å². The highest BCUT2D eigenvalue weighted by molar-refractivity contribution is 5.38. The first kappa shape index (κ1) is 11.0. The van der Waals surface area contributed by atoms with Crippen LogP contribution in [0, 0.1) is 0 Å². The number of rotatable bonds is 5. The zero-order valence-corrected chi connectivity index (χ0v) is 8.07. The van der Waals surface area contributed by atoms with Gasteiger partial charge in [-0.15, -0.1) is 0 Å². The molecule has 1 aromatic heterocycles. The van der Waals surface area contributed by atoms with Crippen LogP contribution in [-0.2, 0) is 0 Å². The summed E-state index contributed by atoms with van der Waals surface area (Å²) < 4.78 is 0. The van der Waals surface area contributed by atoms with E-state index in [1.54, 1.807) is 7.05 Å². The van der Waals surface area contributed by atoms with E-state index in [0.29, 0.717) is 24.3 Å². The van der Waals surface area contributed by atoms with E-state index in [4.69, 9.17) is 5.73 Å². The van der Waals surface area contributed by atoms with Crippen molar-refractivity contribution in [2.75, 3.05) is 19.3 Å². The SMILES string of the molecule is CNCCC(O)C(O)c1cn[nH]c1N. The van der Waals surface area contributed by atoms with E-state index in [0.717, 1.165) is 0 Å². The van der Waals surface area contributed by atoms with Crippen LogP contribution in [0.1, 0.15) is 18.1 Å². The largest absolute Gasteiger partial charge is 0.390 e. The second-order valence-corrected chi connectivity index (χ2v) is 3.14. The van der Waals surface area contributed by atoms with Crippen molar-refractivity contribution in [3.8, 4) is 0 Å². The van der Waals surface area contributed by atoms with Gasteiger partial charge in [0.15, 0.2) is 0 Å². The van der Waals surface area contributed by atoms with Crippen LogP contribution in [0.4, 0.5) is 5.82 Å². The minimum atomic E-state index is -0.984. The van der Waals surface area contributed by atoms with Crippen LogP contribution >= 0.6 is 0 Å². The molecule has 0 saturated carbocycles. The molecule has 0 radical (unpaired) electrons. The summed E-state index contributed by atoms with van der Waals surface area (Å²) in [5.41, 5.74) is 5.94. The Morgan fingerprint density at radius 3 is 2.86 bits per heavy atom. The van der Waals surface area contributed by atoms with Crippen LogP contribution in [0.5, 0.6) is 0 Å². The molecule has 6 heteroatoms. The fourth-order valence-electron chi connectivity index (χ4n) is 1.20. The van der Waals surface area contributed by atoms with Gasteiger partial charge in [-0.25, -0.2) is 0 Å². The molecule has 1 aromatic rings. The van der Waals surface area contributed by atoms with E-state index in [-0.39, 0.29) is 0 Å². The summed E-state index contributed by atoms with van der Waals surface area (Å²) in [6.45, 7) is 0.635. The van der Waals surface area contributed by atoms with Crippen molar-refractivity contribution < 1.29 is 10.2 Å². The van der Waals surface area contributed by atoms with Crippen molar-refractivity contribution in [1.82, 2.24) is 15.5 Å². The van der Waals surface area contributed by atoms with E-state index in [1.807, 2.05) is 0 Å². The van der Waals surface area contributed by atoms with Gasteiger partial charge in [0, 0.05) is 5.56 Å². The minimum absolute atomic E-state index is 0.293. The molecule has 0 spiro atoms. The highest BCUT2D eigenvalue weighted by Crippen LogP contribution is 2.21. The first-order valence-corrected chi connectivity index (χ1v) is 4.46. The number of aromatic nitrogens is 2. The Morgan fingerprint density at radius 1 is 1.64 bits per heavy atom. The number of aliphatic hydroxyl groups excluding tert-OH is 2. The van der Waals surface area contributed by atoms with Gasteiger partial charge >= 0.3 is 0 Å². The molecule has 80 valence electrons. The Kier molecular flexibility index (Phi) is 3.87. The van der Waals surface area contributed by atoms with Gasteiger partial charge in [-0.2, -0.15) is 5.10 Å². The molecular formula is C8H16N4O2. The van der Waals surface area contributed by atoms with E-state index in [9.17, 15) is 10.2 Å². The number of hydrogen-bond acceptors (Lipinski definition) is 5. The standard InChI is InChI=1S/C8H16N4O2/c1-10-3-2-6(13)7(14)5-4-11-12-8(5)9/h4,6-7,10,13-14H,2-3H2,1H3,(H3,9,11,12). The Morgan fingerprint density at radius 2 is 2.36 bits per heavy atom. The van der Waals surface area contributed by atoms with Crippen LogP contribution < -0.4 is 11.1 Å². The first-order valence-electron chi connectivity index (χ1n) is 4.46. The molecule has 0 aromatic carbocycles. The zero-order valence-electron chi connectivity index (χ0n) is 8.07. The predicted octanol–water partition coefficient (Wildman–Crippen LogP) is -1.00. The highest BCUT2D eigenvalue weighted by atomic mass is 16.3.